The smallest absolute Gasteiger partial charge is 0.00778 e. The van der Waals surface area contributed by atoms with Gasteiger partial charge in [0.05, 0.1) is 0 Å². The number of rotatable bonds is 5. The Morgan fingerprint density at radius 3 is 2.40 bits per heavy atom. The maximum atomic E-state index is 3.74. The van der Waals surface area contributed by atoms with E-state index in [-0.39, 0.29) is 0 Å². The third-order valence-electron chi connectivity index (χ3n) is 4.71. The molecule has 1 N–H and O–H groups in total. The van der Waals surface area contributed by atoms with E-state index < -0.39 is 0 Å². The fourth-order valence-corrected chi connectivity index (χ4v) is 3.55. The molecule has 112 valence electrons. The van der Waals surface area contributed by atoms with Crippen LogP contribution in [0.5, 0.6) is 0 Å². The van der Waals surface area contributed by atoms with Crippen molar-refractivity contribution in [3.63, 3.8) is 0 Å². The molecule has 2 rings (SSSR count). The molecule has 0 spiro atoms. The van der Waals surface area contributed by atoms with Crippen LogP contribution in [0, 0.1) is 12.8 Å². The zero-order valence-corrected chi connectivity index (χ0v) is 13.5. The van der Waals surface area contributed by atoms with Crippen LogP contribution in [-0.2, 0) is 5.41 Å². The van der Waals surface area contributed by atoms with Gasteiger partial charge < -0.3 is 5.32 Å². The normalized spacial score (nSPS) is 19.0. The summed E-state index contributed by atoms with van der Waals surface area (Å²) in [6, 6.07) is 9.23. The molecule has 0 unspecified atom stereocenters. The first-order valence-electron chi connectivity index (χ1n) is 8.40. The standard InChI is InChI=1S/C19H31N/c1-16(2)14-20-15-19(11-6-4-5-7-12-19)18-10-8-9-17(3)13-18/h8-10,13,16,20H,4-7,11-12,14-15H2,1-3H3. The summed E-state index contributed by atoms with van der Waals surface area (Å²) in [6.45, 7) is 9.08. The van der Waals surface area contributed by atoms with Crippen LogP contribution in [0.25, 0.3) is 0 Å². The molecule has 1 saturated carbocycles. The number of benzene rings is 1. The summed E-state index contributed by atoms with van der Waals surface area (Å²) in [7, 11) is 0. The van der Waals surface area contributed by atoms with Gasteiger partial charge in [-0.15, -0.1) is 0 Å². The highest BCUT2D eigenvalue weighted by molar-refractivity contribution is 5.30. The lowest BCUT2D eigenvalue weighted by atomic mass is 9.74. The average molecular weight is 273 g/mol. The van der Waals surface area contributed by atoms with Gasteiger partial charge in [0.25, 0.3) is 0 Å². The second-order valence-electron chi connectivity index (χ2n) is 7.09. The highest BCUT2D eigenvalue weighted by atomic mass is 14.9. The Bertz CT molecular complexity index is 400. The van der Waals surface area contributed by atoms with Crippen LogP contribution in [0.15, 0.2) is 24.3 Å². The Balaban J connectivity index is 2.18. The molecule has 1 heteroatoms. The van der Waals surface area contributed by atoms with Gasteiger partial charge in [0, 0.05) is 12.0 Å². The summed E-state index contributed by atoms with van der Waals surface area (Å²) in [4.78, 5) is 0. The third kappa shape index (κ3) is 4.09. The summed E-state index contributed by atoms with van der Waals surface area (Å²) in [5.74, 6) is 0.732. The minimum absolute atomic E-state index is 0.372. The molecule has 1 aliphatic carbocycles. The summed E-state index contributed by atoms with van der Waals surface area (Å²) < 4.78 is 0. The predicted octanol–water partition coefficient (Wildman–Crippen LogP) is 4.83. The fourth-order valence-electron chi connectivity index (χ4n) is 3.55. The Morgan fingerprint density at radius 1 is 1.10 bits per heavy atom. The van der Waals surface area contributed by atoms with Crippen molar-refractivity contribution in [2.45, 2.75) is 64.7 Å². The van der Waals surface area contributed by atoms with Gasteiger partial charge >= 0.3 is 0 Å². The second-order valence-corrected chi connectivity index (χ2v) is 7.09. The minimum Gasteiger partial charge on any atom is -0.316 e. The summed E-state index contributed by atoms with van der Waals surface area (Å²) in [6.07, 6.45) is 8.30. The van der Waals surface area contributed by atoms with Crippen LogP contribution in [0.4, 0.5) is 0 Å². The maximum absolute atomic E-state index is 3.74. The van der Waals surface area contributed by atoms with Gasteiger partial charge in [-0.05, 0) is 37.8 Å². The first-order chi connectivity index (χ1) is 9.62. The van der Waals surface area contributed by atoms with Crippen molar-refractivity contribution >= 4 is 0 Å². The number of hydrogen-bond donors (Lipinski definition) is 1. The largest absolute Gasteiger partial charge is 0.316 e. The monoisotopic (exact) mass is 273 g/mol. The molecule has 20 heavy (non-hydrogen) atoms. The van der Waals surface area contributed by atoms with Crippen molar-refractivity contribution in [2.75, 3.05) is 13.1 Å². The second kappa shape index (κ2) is 7.26. The Labute approximate surface area is 125 Å². The first kappa shape index (κ1) is 15.6. The lowest BCUT2D eigenvalue weighted by molar-refractivity contribution is 0.339. The van der Waals surface area contributed by atoms with Crippen molar-refractivity contribution in [1.29, 1.82) is 0 Å². The summed E-state index contributed by atoms with van der Waals surface area (Å²) in [5.41, 5.74) is 3.34. The van der Waals surface area contributed by atoms with Gasteiger partial charge in [0.15, 0.2) is 0 Å². The molecule has 0 bridgehead atoms. The van der Waals surface area contributed by atoms with Crippen molar-refractivity contribution in [3.05, 3.63) is 35.4 Å². The van der Waals surface area contributed by atoms with Crippen molar-refractivity contribution in [1.82, 2.24) is 5.32 Å². The Kier molecular flexibility index (Phi) is 5.65. The highest BCUT2D eigenvalue weighted by Gasteiger charge is 2.32. The average Bonchev–Trinajstić information content (AvgIpc) is 2.65. The van der Waals surface area contributed by atoms with E-state index in [1.54, 1.807) is 5.56 Å². The van der Waals surface area contributed by atoms with Crippen molar-refractivity contribution in [2.24, 2.45) is 5.92 Å². The minimum atomic E-state index is 0.372. The summed E-state index contributed by atoms with van der Waals surface area (Å²) in [5, 5.41) is 3.74. The van der Waals surface area contributed by atoms with Crippen LogP contribution in [0.2, 0.25) is 0 Å². The quantitative estimate of drug-likeness (QED) is 0.757. The van der Waals surface area contributed by atoms with E-state index in [1.807, 2.05) is 0 Å². The van der Waals surface area contributed by atoms with E-state index >= 15 is 0 Å². The van der Waals surface area contributed by atoms with Crippen LogP contribution >= 0.6 is 0 Å². The van der Waals surface area contributed by atoms with Crippen molar-refractivity contribution in [3.8, 4) is 0 Å². The fraction of sp³-hybridized carbons (Fsp3) is 0.684. The van der Waals surface area contributed by atoms with Crippen LogP contribution in [0.3, 0.4) is 0 Å². The highest BCUT2D eigenvalue weighted by Crippen LogP contribution is 2.38. The topological polar surface area (TPSA) is 12.0 Å². The molecule has 1 nitrogen and oxygen atoms in total. The van der Waals surface area contributed by atoms with Crippen molar-refractivity contribution < 1.29 is 0 Å². The molecule has 0 heterocycles. The van der Waals surface area contributed by atoms with E-state index in [9.17, 15) is 0 Å². The molecule has 1 fully saturated rings. The van der Waals surface area contributed by atoms with E-state index in [0.717, 1.165) is 19.0 Å². The van der Waals surface area contributed by atoms with E-state index in [0.29, 0.717) is 5.41 Å². The molecule has 0 aromatic heterocycles. The van der Waals surface area contributed by atoms with E-state index in [2.05, 4.69) is 50.4 Å². The molecule has 0 amide bonds. The Hall–Kier alpha value is -0.820. The summed E-state index contributed by atoms with van der Waals surface area (Å²) >= 11 is 0. The molecule has 0 radical (unpaired) electrons. The maximum Gasteiger partial charge on any atom is 0.00778 e. The molecule has 0 saturated heterocycles. The molecule has 0 aliphatic heterocycles. The number of aryl methyl sites for hydroxylation is 1. The lowest BCUT2D eigenvalue weighted by Gasteiger charge is -2.34. The zero-order chi connectivity index (χ0) is 14.4. The van der Waals surface area contributed by atoms with Gasteiger partial charge in [-0.2, -0.15) is 0 Å². The van der Waals surface area contributed by atoms with Gasteiger partial charge in [0.1, 0.15) is 0 Å². The molecule has 1 aromatic rings. The third-order valence-corrected chi connectivity index (χ3v) is 4.71. The SMILES string of the molecule is Cc1cccc(C2(CNCC(C)C)CCCCCC2)c1. The van der Waals surface area contributed by atoms with Gasteiger partial charge in [-0.25, -0.2) is 0 Å². The number of nitrogens with one attached hydrogen (secondary N) is 1. The number of hydrogen-bond acceptors (Lipinski definition) is 1. The van der Waals surface area contributed by atoms with Crippen LogP contribution < -0.4 is 5.32 Å². The van der Waals surface area contributed by atoms with E-state index in [4.69, 9.17) is 0 Å². The first-order valence-corrected chi connectivity index (χ1v) is 8.40. The molecule has 0 atom stereocenters. The predicted molar refractivity (Wildman–Crippen MR) is 88.3 cm³/mol. The molecular weight excluding hydrogens is 242 g/mol. The molecule has 1 aliphatic rings. The van der Waals surface area contributed by atoms with Gasteiger partial charge in [0.2, 0.25) is 0 Å². The Morgan fingerprint density at radius 2 is 1.80 bits per heavy atom. The molecular formula is C19H31N. The van der Waals surface area contributed by atoms with Crippen LogP contribution in [0.1, 0.15) is 63.5 Å². The molecule has 1 aromatic carbocycles. The lowest BCUT2D eigenvalue weighted by Crippen LogP contribution is -2.39. The zero-order valence-electron chi connectivity index (χ0n) is 13.5. The van der Waals surface area contributed by atoms with Crippen LogP contribution in [-0.4, -0.2) is 13.1 Å². The van der Waals surface area contributed by atoms with Gasteiger partial charge in [-0.1, -0.05) is 69.4 Å². The van der Waals surface area contributed by atoms with Gasteiger partial charge in [-0.3, -0.25) is 0 Å². The van der Waals surface area contributed by atoms with E-state index in [1.165, 1.54) is 44.1 Å².